The van der Waals surface area contributed by atoms with Gasteiger partial charge in [-0.3, -0.25) is 9.48 Å². The molecule has 0 aliphatic carbocycles. The highest BCUT2D eigenvalue weighted by molar-refractivity contribution is 6.32. The molecule has 1 amide bonds. The summed E-state index contributed by atoms with van der Waals surface area (Å²) in [6.45, 7) is 6.73. The van der Waals surface area contributed by atoms with E-state index in [1.54, 1.807) is 34.0 Å². The third-order valence-corrected chi connectivity index (χ3v) is 5.56. The van der Waals surface area contributed by atoms with E-state index in [-0.39, 0.29) is 12.6 Å². The minimum absolute atomic E-state index is 0.183. The summed E-state index contributed by atoms with van der Waals surface area (Å²) in [5.41, 5.74) is 5.15. The molecule has 2 aromatic heterocycles. The number of anilines is 1. The summed E-state index contributed by atoms with van der Waals surface area (Å²) in [5.74, 6) is 0.393. The van der Waals surface area contributed by atoms with Crippen LogP contribution in [0.25, 0.3) is 0 Å². The Morgan fingerprint density at radius 3 is 2.62 bits per heavy atom. The molecular weight excluding hydrogens is 426 g/mol. The van der Waals surface area contributed by atoms with E-state index in [1.807, 2.05) is 38.1 Å². The van der Waals surface area contributed by atoms with Crippen LogP contribution < -0.4 is 10.1 Å². The van der Waals surface area contributed by atoms with Crippen molar-refractivity contribution >= 4 is 23.2 Å². The fourth-order valence-corrected chi connectivity index (χ4v) is 3.50. The van der Waals surface area contributed by atoms with Crippen LogP contribution in [-0.2, 0) is 13.3 Å². The molecule has 0 aliphatic rings. The van der Waals surface area contributed by atoms with Gasteiger partial charge in [0.1, 0.15) is 5.75 Å². The number of carbonyl (C=O) groups is 1. The molecule has 0 unspecified atom stereocenters. The van der Waals surface area contributed by atoms with E-state index in [4.69, 9.17) is 16.3 Å². The minimum Gasteiger partial charge on any atom is -0.471 e. The molecule has 8 heteroatoms. The van der Waals surface area contributed by atoms with Gasteiger partial charge in [-0.1, -0.05) is 41.4 Å². The number of rotatable bonds is 7. The summed E-state index contributed by atoms with van der Waals surface area (Å²) in [4.78, 5) is 12.6. The molecule has 164 valence electrons. The van der Waals surface area contributed by atoms with Crippen molar-refractivity contribution in [3.05, 3.63) is 94.0 Å². The Morgan fingerprint density at radius 2 is 1.88 bits per heavy atom. The van der Waals surface area contributed by atoms with E-state index >= 15 is 0 Å². The molecule has 0 fully saturated rings. The van der Waals surface area contributed by atoms with E-state index in [1.165, 1.54) is 5.56 Å². The van der Waals surface area contributed by atoms with Crippen LogP contribution in [0, 0.1) is 20.8 Å². The fourth-order valence-electron chi connectivity index (χ4n) is 3.39. The van der Waals surface area contributed by atoms with E-state index < -0.39 is 0 Å². The average Bonchev–Trinajstić information content (AvgIpc) is 3.40. The summed E-state index contributed by atoms with van der Waals surface area (Å²) in [6.07, 6.45) is 5.12. The van der Waals surface area contributed by atoms with Crippen LogP contribution in [0.2, 0.25) is 5.02 Å². The first-order valence-corrected chi connectivity index (χ1v) is 10.6. The molecule has 2 heterocycles. The second-order valence-electron chi connectivity index (χ2n) is 7.75. The maximum atomic E-state index is 12.6. The number of hydrogen-bond acceptors (Lipinski definition) is 4. The minimum atomic E-state index is -0.308. The van der Waals surface area contributed by atoms with Crippen LogP contribution in [0.3, 0.4) is 0 Å². The molecule has 0 atom stereocenters. The Bertz CT molecular complexity index is 1240. The molecule has 2 aromatic carbocycles. The number of halogens is 1. The lowest BCUT2D eigenvalue weighted by Crippen LogP contribution is -2.14. The molecule has 0 spiro atoms. The summed E-state index contributed by atoms with van der Waals surface area (Å²) in [6, 6.07) is 13.6. The number of nitrogens with zero attached hydrogens (tertiary/aromatic N) is 4. The van der Waals surface area contributed by atoms with Gasteiger partial charge in [0.25, 0.3) is 5.91 Å². The molecule has 0 aliphatic heterocycles. The first-order valence-electron chi connectivity index (χ1n) is 10.2. The lowest BCUT2D eigenvalue weighted by Gasteiger charge is -2.10. The summed E-state index contributed by atoms with van der Waals surface area (Å²) in [5, 5.41) is 12.2. The van der Waals surface area contributed by atoms with Gasteiger partial charge >= 0.3 is 0 Å². The van der Waals surface area contributed by atoms with Crippen LogP contribution in [0.5, 0.6) is 5.75 Å². The Kier molecular flexibility index (Phi) is 6.28. The summed E-state index contributed by atoms with van der Waals surface area (Å²) < 4.78 is 9.13. The van der Waals surface area contributed by atoms with Gasteiger partial charge < -0.3 is 10.1 Å². The molecule has 4 rings (SSSR count). The molecule has 0 radical (unpaired) electrons. The standard InChI is InChI=1S/C24H24ClN5O2/c1-16-5-4-6-19(9-16)13-30-14-20(12-26-30)27-24(31)22-7-8-29(28-22)15-32-21-10-17(2)23(25)18(3)11-21/h4-12,14H,13,15H2,1-3H3,(H,27,31). The van der Waals surface area contributed by atoms with Crippen LogP contribution in [-0.4, -0.2) is 25.5 Å². The highest BCUT2D eigenvalue weighted by Crippen LogP contribution is 2.26. The number of benzene rings is 2. The van der Waals surface area contributed by atoms with Crippen molar-refractivity contribution in [1.29, 1.82) is 0 Å². The van der Waals surface area contributed by atoms with Gasteiger partial charge in [-0.2, -0.15) is 10.2 Å². The summed E-state index contributed by atoms with van der Waals surface area (Å²) in [7, 11) is 0. The quantitative estimate of drug-likeness (QED) is 0.431. The Morgan fingerprint density at radius 1 is 1.09 bits per heavy atom. The monoisotopic (exact) mass is 449 g/mol. The average molecular weight is 450 g/mol. The van der Waals surface area contributed by atoms with Crippen molar-refractivity contribution in [3.63, 3.8) is 0 Å². The van der Waals surface area contributed by atoms with Gasteiger partial charge in [0.05, 0.1) is 18.4 Å². The largest absolute Gasteiger partial charge is 0.471 e. The van der Waals surface area contributed by atoms with Gasteiger partial charge in [0, 0.05) is 17.4 Å². The fraction of sp³-hybridized carbons (Fsp3) is 0.208. The maximum absolute atomic E-state index is 12.6. The van der Waals surface area contributed by atoms with Gasteiger partial charge in [-0.25, -0.2) is 4.68 Å². The predicted octanol–water partition coefficient (Wildman–Crippen LogP) is 5.00. The van der Waals surface area contributed by atoms with E-state index in [2.05, 4.69) is 34.6 Å². The van der Waals surface area contributed by atoms with Gasteiger partial charge in [-0.15, -0.1) is 0 Å². The second kappa shape index (κ2) is 9.28. The number of aryl methyl sites for hydroxylation is 3. The number of hydrogen-bond donors (Lipinski definition) is 1. The number of aromatic nitrogens is 4. The van der Waals surface area contributed by atoms with Crippen LogP contribution in [0.15, 0.2) is 61.1 Å². The first-order chi connectivity index (χ1) is 15.4. The van der Waals surface area contributed by atoms with E-state index in [0.29, 0.717) is 23.7 Å². The molecule has 7 nitrogen and oxygen atoms in total. The zero-order chi connectivity index (χ0) is 22.7. The summed E-state index contributed by atoms with van der Waals surface area (Å²) >= 11 is 6.20. The first kappa shape index (κ1) is 21.6. The normalized spacial score (nSPS) is 10.9. The zero-order valence-electron chi connectivity index (χ0n) is 18.2. The highest BCUT2D eigenvalue weighted by Gasteiger charge is 2.12. The zero-order valence-corrected chi connectivity index (χ0v) is 18.9. The molecular formula is C24H24ClN5O2. The van der Waals surface area contributed by atoms with Crippen molar-refractivity contribution < 1.29 is 9.53 Å². The Hall–Kier alpha value is -3.58. The third kappa shape index (κ3) is 5.18. The van der Waals surface area contributed by atoms with Crippen molar-refractivity contribution in [3.8, 4) is 5.75 Å². The molecule has 0 saturated carbocycles. The smallest absolute Gasteiger partial charge is 0.276 e. The van der Waals surface area contributed by atoms with Crippen molar-refractivity contribution in [2.24, 2.45) is 0 Å². The second-order valence-corrected chi connectivity index (χ2v) is 8.13. The number of carbonyl (C=O) groups excluding carboxylic acids is 1. The molecule has 4 aromatic rings. The predicted molar refractivity (Wildman–Crippen MR) is 124 cm³/mol. The van der Waals surface area contributed by atoms with Crippen LogP contribution in [0.1, 0.15) is 32.7 Å². The third-order valence-electron chi connectivity index (χ3n) is 4.96. The van der Waals surface area contributed by atoms with E-state index in [9.17, 15) is 4.79 Å². The van der Waals surface area contributed by atoms with Crippen LogP contribution >= 0.6 is 11.6 Å². The molecule has 0 bridgehead atoms. The van der Waals surface area contributed by atoms with Crippen molar-refractivity contribution in [2.75, 3.05) is 5.32 Å². The molecule has 0 saturated heterocycles. The topological polar surface area (TPSA) is 74.0 Å². The Labute approximate surface area is 191 Å². The number of amides is 1. The molecule has 1 N–H and O–H groups in total. The highest BCUT2D eigenvalue weighted by atomic mass is 35.5. The van der Waals surface area contributed by atoms with E-state index in [0.717, 1.165) is 21.7 Å². The van der Waals surface area contributed by atoms with Gasteiger partial charge in [0.2, 0.25) is 0 Å². The SMILES string of the molecule is Cc1cccc(Cn2cc(NC(=O)c3ccn(COc4cc(C)c(Cl)c(C)c4)n3)cn2)c1. The maximum Gasteiger partial charge on any atom is 0.276 e. The van der Waals surface area contributed by atoms with Crippen LogP contribution in [0.4, 0.5) is 5.69 Å². The lowest BCUT2D eigenvalue weighted by molar-refractivity contribution is 0.102. The number of nitrogens with one attached hydrogen (secondary N) is 1. The van der Waals surface area contributed by atoms with Crippen molar-refractivity contribution in [1.82, 2.24) is 19.6 Å². The van der Waals surface area contributed by atoms with Gasteiger partial charge in [0.15, 0.2) is 12.4 Å². The lowest BCUT2D eigenvalue weighted by atomic mass is 10.1. The molecule has 32 heavy (non-hydrogen) atoms. The van der Waals surface area contributed by atoms with Gasteiger partial charge in [-0.05, 0) is 55.7 Å². The van der Waals surface area contributed by atoms with Crippen molar-refractivity contribution in [2.45, 2.75) is 34.0 Å². The number of ether oxygens (including phenoxy) is 1. The Balaban J connectivity index is 1.34.